The minimum absolute atomic E-state index is 0.00894. The number of aromatic nitrogens is 6. The van der Waals surface area contributed by atoms with Gasteiger partial charge in [-0.1, -0.05) is 0 Å². The molecule has 36 heavy (non-hydrogen) atoms. The Labute approximate surface area is 201 Å². The normalized spacial score (nSPS) is 17.0. The Hall–Kier alpha value is -4.98. The summed E-state index contributed by atoms with van der Waals surface area (Å²) in [5.41, 5.74) is -1.73. The number of halogens is 3. The van der Waals surface area contributed by atoms with Crippen LogP contribution in [-0.2, 0) is 5.41 Å². The van der Waals surface area contributed by atoms with E-state index in [1.165, 1.54) is 35.4 Å². The predicted molar refractivity (Wildman–Crippen MR) is 118 cm³/mol. The second-order valence-corrected chi connectivity index (χ2v) is 8.34. The summed E-state index contributed by atoms with van der Waals surface area (Å²) in [5, 5.41) is 29.4. The number of carbonyl (C=O) groups excluding carboxylic acids is 1. The summed E-state index contributed by atoms with van der Waals surface area (Å²) in [6.07, 6.45) is -0.892. The maximum absolute atomic E-state index is 14.3. The number of anilines is 2. The minimum atomic E-state index is -4.69. The van der Waals surface area contributed by atoms with Crippen molar-refractivity contribution in [1.82, 2.24) is 29.4 Å². The average Bonchev–Trinajstić information content (AvgIpc) is 3.53. The quantitative estimate of drug-likeness (QED) is 0.453. The molecule has 1 N–H and O–H groups in total. The van der Waals surface area contributed by atoms with Crippen molar-refractivity contribution in [2.75, 3.05) is 16.8 Å². The van der Waals surface area contributed by atoms with E-state index in [-0.39, 0.29) is 39.8 Å². The highest BCUT2D eigenvalue weighted by Crippen LogP contribution is 2.49. The molecule has 5 heterocycles. The van der Waals surface area contributed by atoms with Crippen LogP contribution in [-0.4, -0.2) is 48.1 Å². The number of hydrogen-bond acceptors (Lipinski definition) is 7. The van der Waals surface area contributed by atoms with Gasteiger partial charge in [0.15, 0.2) is 11.5 Å². The summed E-state index contributed by atoms with van der Waals surface area (Å²) >= 11 is 0. The van der Waals surface area contributed by atoms with E-state index in [9.17, 15) is 28.5 Å². The van der Waals surface area contributed by atoms with Crippen molar-refractivity contribution in [3.63, 3.8) is 0 Å². The van der Waals surface area contributed by atoms with Gasteiger partial charge in [-0.15, -0.1) is 0 Å². The minimum Gasteiger partial charge on any atom is -0.306 e. The fraction of sp³-hybridized carbons (Fsp3) is 0.227. The zero-order valence-corrected chi connectivity index (χ0v) is 18.7. The summed E-state index contributed by atoms with van der Waals surface area (Å²) in [5.74, 6) is 0.0638. The van der Waals surface area contributed by atoms with E-state index in [1.807, 2.05) is 12.1 Å². The van der Waals surface area contributed by atoms with Gasteiger partial charge in [-0.25, -0.2) is 24.0 Å². The third-order valence-corrected chi connectivity index (χ3v) is 5.94. The van der Waals surface area contributed by atoms with Gasteiger partial charge < -0.3 is 5.32 Å². The van der Waals surface area contributed by atoms with Gasteiger partial charge in [0.2, 0.25) is 0 Å². The van der Waals surface area contributed by atoms with Crippen LogP contribution in [0.1, 0.15) is 29.6 Å². The number of urea groups is 1. The predicted octanol–water partition coefficient (Wildman–Crippen LogP) is 3.23. The van der Waals surface area contributed by atoms with Crippen molar-refractivity contribution >= 4 is 23.1 Å². The molecule has 180 valence electrons. The largest absolute Gasteiger partial charge is 0.401 e. The molecule has 0 aromatic carbocycles. The number of amides is 2. The summed E-state index contributed by atoms with van der Waals surface area (Å²) in [6.45, 7) is 1.95. The van der Waals surface area contributed by atoms with Crippen LogP contribution in [0.5, 0.6) is 0 Å². The molecule has 1 aliphatic rings. The molecule has 11 nitrogen and oxygen atoms in total. The Morgan fingerprint density at radius 3 is 2.67 bits per heavy atom. The van der Waals surface area contributed by atoms with Gasteiger partial charge in [0.25, 0.3) is 0 Å². The molecule has 1 atom stereocenters. The third-order valence-electron chi connectivity index (χ3n) is 5.94. The van der Waals surface area contributed by atoms with E-state index < -0.39 is 24.2 Å². The lowest BCUT2D eigenvalue weighted by Gasteiger charge is -2.28. The molecule has 0 spiro atoms. The van der Waals surface area contributed by atoms with Crippen molar-refractivity contribution in [3.8, 4) is 18.0 Å². The fourth-order valence-corrected chi connectivity index (χ4v) is 4.16. The first-order chi connectivity index (χ1) is 17.1. The van der Waals surface area contributed by atoms with Crippen LogP contribution < -0.4 is 10.2 Å². The number of alkyl halides is 3. The Kier molecular flexibility index (Phi) is 4.92. The van der Waals surface area contributed by atoms with Crippen molar-refractivity contribution in [3.05, 3.63) is 59.4 Å². The molecule has 14 heteroatoms. The lowest BCUT2D eigenvalue weighted by molar-refractivity contribution is -0.181. The lowest BCUT2D eigenvalue weighted by Crippen LogP contribution is -2.46. The first kappa shape index (κ1) is 22.8. The van der Waals surface area contributed by atoms with Crippen LogP contribution in [0.15, 0.2) is 36.8 Å². The Bertz CT molecular complexity index is 1620. The van der Waals surface area contributed by atoms with Crippen LogP contribution in [0, 0.1) is 29.6 Å². The molecule has 0 unspecified atom stereocenters. The van der Waals surface area contributed by atoms with Gasteiger partial charge in [-0.3, -0.25) is 4.90 Å². The number of aryl methyl sites for hydroxylation is 1. The standard InChI is InChI=1S/C22H15F3N10O/c1-12-5-17-28-10-16-18(35(17)32-12)21(2,22(23,24)25)11-33(16)20(36)31-14-6-13(7-26)19(29-9-14)34-15(8-27)3-4-30-34/h3-6,9-10H,11H2,1-2H3,(H,31,36)/t21-/m1/s1. The SMILES string of the molecule is Cc1cc2ncc3c(n2n1)[C@](C)(C(F)(F)F)CN3C(=O)Nc1cnc(-n2nccc2C#N)c(C#N)c1. The Morgan fingerprint density at radius 1 is 1.19 bits per heavy atom. The summed E-state index contributed by atoms with van der Waals surface area (Å²) in [7, 11) is 0. The highest BCUT2D eigenvalue weighted by atomic mass is 19.4. The van der Waals surface area contributed by atoms with E-state index in [1.54, 1.807) is 13.0 Å². The molecule has 0 radical (unpaired) electrons. The fourth-order valence-electron chi connectivity index (χ4n) is 4.16. The topological polar surface area (TPSA) is 141 Å². The highest BCUT2D eigenvalue weighted by Gasteiger charge is 2.60. The highest BCUT2D eigenvalue weighted by molar-refractivity contribution is 6.03. The summed E-state index contributed by atoms with van der Waals surface area (Å²) < 4.78 is 45.1. The number of pyridine rings is 1. The van der Waals surface area contributed by atoms with E-state index in [0.717, 1.165) is 16.3 Å². The number of carbonyl (C=O) groups is 1. The van der Waals surface area contributed by atoms with Gasteiger partial charge >= 0.3 is 12.2 Å². The van der Waals surface area contributed by atoms with E-state index in [0.29, 0.717) is 5.69 Å². The van der Waals surface area contributed by atoms with Gasteiger partial charge in [-0.2, -0.15) is 33.9 Å². The monoisotopic (exact) mass is 492 g/mol. The molecule has 2 amide bonds. The van der Waals surface area contributed by atoms with E-state index in [2.05, 4.69) is 25.5 Å². The maximum atomic E-state index is 14.3. The van der Waals surface area contributed by atoms with Crippen LogP contribution in [0.4, 0.5) is 29.3 Å². The smallest absolute Gasteiger partial charge is 0.306 e. The average molecular weight is 492 g/mol. The number of fused-ring (bicyclic) bond motifs is 3. The van der Waals surface area contributed by atoms with E-state index >= 15 is 0 Å². The van der Waals surface area contributed by atoms with Gasteiger partial charge in [-0.05, 0) is 26.0 Å². The Morgan fingerprint density at radius 2 is 1.97 bits per heavy atom. The molecule has 1 aliphatic heterocycles. The molecule has 0 saturated carbocycles. The zero-order chi connectivity index (χ0) is 25.8. The first-order valence-corrected chi connectivity index (χ1v) is 10.4. The number of nitrogens with zero attached hydrogens (tertiary/aromatic N) is 9. The van der Waals surface area contributed by atoms with Crippen LogP contribution in [0.25, 0.3) is 11.5 Å². The lowest BCUT2D eigenvalue weighted by atomic mass is 9.88. The number of rotatable bonds is 2. The van der Waals surface area contributed by atoms with Gasteiger partial charge in [0, 0.05) is 12.6 Å². The van der Waals surface area contributed by atoms with Crippen molar-refractivity contribution in [1.29, 1.82) is 10.5 Å². The Balaban J connectivity index is 1.52. The maximum Gasteiger partial charge on any atom is 0.401 e. The van der Waals surface area contributed by atoms with E-state index in [4.69, 9.17) is 0 Å². The molecule has 0 fully saturated rings. The van der Waals surface area contributed by atoms with Gasteiger partial charge in [0.1, 0.15) is 23.2 Å². The zero-order valence-electron chi connectivity index (χ0n) is 18.7. The molecule has 4 aromatic rings. The summed E-state index contributed by atoms with van der Waals surface area (Å²) in [6, 6.07) is 7.25. The second kappa shape index (κ2) is 7.78. The number of nitriles is 2. The van der Waals surface area contributed by atoms with Crippen molar-refractivity contribution in [2.45, 2.75) is 25.4 Å². The molecular formula is C22H15F3N10O. The van der Waals surface area contributed by atoms with Crippen LogP contribution in [0.2, 0.25) is 0 Å². The first-order valence-electron chi connectivity index (χ1n) is 10.4. The van der Waals surface area contributed by atoms with Gasteiger partial charge in [0.05, 0.1) is 46.9 Å². The molecule has 5 rings (SSSR count). The summed E-state index contributed by atoms with van der Waals surface area (Å²) in [4.78, 5) is 22.4. The molecular weight excluding hydrogens is 477 g/mol. The molecule has 0 bridgehead atoms. The molecule has 0 aliphatic carbocycles. The second-order valence-electron chi connectivity index (χ2n) is 8.34. The van der Waals surface area contributed by atoms with Crippen LogP contribution in [0.3, 0.4) is 0 Å². The van der Waals surface area contributed by atoms with Crippen LogP contribution >= 0.6 is 0 Å². The number of nitrogens with one attached hydrogen (secondary N) is 1. The van der Waals surface area contributed by atoms with Crippen molar-refractivity contribution in [2.24, 2.45) is 0 Å². The van der Waals surface area contributed by atoms with Crippen molar-refractivity contribution < 1.29 is 18.0 Å². The molecule has 0 saturated heterocycles. The number of hydrogen-bond donors (Lipinski definition) is 1. The molecule has 4 aromatic heterocycles. The third kappa shape index (κ3) is 3.31.